The minimum atomic E-state index is -0.232. The Morgan fingerprint density at radius 3 is 2.81 bits per heavy atom. The molecule has 0 bridgehead atoms. The zero-order valence-electron chi connectivity index (χ0n) is 9.05. The van der Waals surface area contributed by atoms with Crippen molar-refractivity contribution in [2.45, 2.75) is 31.7 Å². The van der Waals surface area contributed by atoms with Crippen molar-refractivity contribution < 1.29 is 4.39 Å². The topological polar surface area (TPSA) is 38.0 Å². The van der Waals surface area contributed by atoms with Crippen molar-refractivity contribution in [2.75, 3.05) is 0 Å². The summed E-state index contributed by atoms with van der Waals surface area (Å²) in [7, 11) is 0. The van der Waals surface area contributed by atoms with Crippen molar-refractivity contribution in [3.8, 4) is 0 Å². The molecule has 1 saturated carbocycles. The molecular weight excluding hydrogens is 271 g/mol. The Hall–Kier alpha value is -0.450. The fraction of sp³-hybridized carbons (Fsp3) is 0.500. The first-order valence-corrected chi connectivity index (χ1v) is 6.41. The van der Waals surface area contributed by atoms with Gasteiger partial charge in [-0.3, -0.25) is 11.3 Å². The molecule has 0 heterocycles. The smallest absolute Gasteiger partial charge is 0.137 e. The summed E-state index contributed by atoms with van der Waals surface area (Å²) >= 11 is 3.15. The molecule has 1 unspecified atom stereocenters. The number of benzene rings is 1. The van der Waals surface area contributed by atoms with Crippen molar-refractivity contribution in [1.29, 1.82) is 0 Å². The van der Waals surface area contributed by atoms with Crippen LogP contribution < -0.4 is 11.3 Å². The third-order valence-electron chi connectivity index (χ3n) is 3.11. The van der Waals surface area contributed by atoms with Crippen molar-refractivity contribution in [3.63, 3.8) is 0 Å². The molecule has 1 aliphatic carbocycles. The number of hydrogen-bond acceptors (Lipinski definition) is 2. The summed E-state index contributed by atoms with van der Waals surface area (Å²) < 4.78 is 13.9. The van der Waals surface area contributed by atoms with Crippen LogP contribution in [0.3, 0.4) is 0 Å². The highest BCUT2D eigenvalue weighted by molar-refractivity contribution is 9.10. The first-order valence-electron chi connectivity index (χ1n) is 5.62. The fourth-order valence-corrected chi connectivity index (χ4v) is 2.13. The van der Waals surface area contributed by atoms with Gasteiger partial charge in [-0.1, -0.05) is 18.9 Å². The lowest BCUT2D eigenvalue weighted by Crippen LogP contribution is -2.28. The number of rotatable bonds is 5. The lowest BCUT2D eigenvalue weighted by Gasteiger charge is -2.16. The maximum absolute atomic E-state index is 13.4. The molecule has 0 radical (unpaired) electrons. The third-order valence-corrected chi connectivity index (χ3v) is 3.75. The Bertz CT molecular complexity index is 366. The summed E-state index contributed by atoms with van der Waals surface area (Å²) in [5, 5.41) is 0. The average molecular weight is 287 g/mol. The summed E-state index contributed by atoms with van der Waals surface area (Å²) in [5.41, 5.74) is 3.69. The number of halogens is 2. The standard InChI is InChI=1S/C12H16BrFN2/c13-10-5-4-9(7-11(10)14)12(16-15)6-3-8-1-2-8/h4-5,7-8,12,16H,1-3,6,15H2. The highest BCUT2D eigenvalue weighted by atomic mass is 79.9. The van der Waals surface area contributed by atoms with Crippen LogP contribution in [0.4, 0.5) is 4.39 Å². The van der Waals surface area contributed by atoms with Gasteiger partial charge in [0.25, 0.3) is 0 Å². The summed E-state index contributed by atoms with van der Waals surface area (Å²) in [6, 6.07) is 5.24. The largest absolute Gasteiger partial charge is 0.271 e. The molecule has 0 amide bonds. The fourth-order valence-electron chi connectivity index (χ4n) is 1.88. The Morgan fingerprint density at radius 2 is 2.25 bits per heavy atom. The molecule has 1 aromatic rings. The van der Waals surface area contributed by atoms with E-state index in [-0.39, 0.29) is 11.9 Å². The second-order valence-electron chi connectivity index (χ2n) is 4.41. The van der Waals surface area contributed by atoms with Crippen molar-refractivity contribution in [2.24, 2.45) is 11.8 Å². The summed E-state index contributed by atoms with van der Waals surface area (Å²) in [5.74, 6) is 6.15. The van der Waals surface area contributed by atoms with E-state index in [1.54, 1.807) is 12.1 Å². The Morgan fingerprint density at radius 1 is 1.50 bits per heavy atom. The number of nitrogens with one attached hydrogen (secondary N) is 1. The second kappa shape index (κ2) is 5.25. The van der Waals surface area contributed by atoms with Crippen LogP contribution in [0.2, 0.25) is 0 Å². The molecule has 0 saturated heterocycles. The van der Waals surface area contributed by atoms with Crippen LogP contribution in [0.25, 0.3) is 0 Å². The van der Waals surface area contributed by atoms with Crippen LogP contribution in [0, 0.1) is 11.7 Å². The van der Waals surface area contributed by atoms with Gasteiger partial charge >= 0.3 is 0 Å². The van der Waals surface area contributed by atoms with Crippen LogP contribution in [0.1, 0.15) is 37.3 Å². The summed E-state index contributed by atoms with van der Waals surface area (Å²) in [6.45, 7) is 0. The maximum Gasteiger partial charge on any atom is 0.137 e. The highest BCUT2D eigenvalue weighted by Crippen LogP contribution is 2.36. The van der Waals surface area contributed by atoms with Crippen LogP contribution in [0.15, 0.2) is 22.7 Å². The van der Waals surface area contributed by atoms with Gasteiger partial charge in [0, 0.05) is 6.04 Å². The normalized spacial score (nSPS) is 17.4. The van der Waals surface area contributed by atoms with Gasteiger partial charge in [0.15, 0.2) is 0 Å². The van der Waals surface area contributed by atoms with E-state index in [1.165, 1.54) is 19.3 Å². The van der Waals surface area contributed by atoms with E-state index in [0.717, 1.165) is 17.9 Å². The lowest BCUT2D eigenvalue weighted by molar-refractivity contribution is 0.479. The molecule has 0 aromatic heterocycles. The maximum atomic E-state index is 13.4. The highest BCUT2D eigenvalue weighted by Gasteiger charge is 2.22. The SMILES string of the molecule is NNC(CCC1CC1)c1ccc(Br)c(F)c1. The van der Waals surface area contributed by atoms with Gasteiger partial charge < -0.3 is 0 Å². The van der Waals surface area contributed by atoms with Crippen LogP contribution in [0.5, 0.6) is 0 Å². The quantitative estimate of drug-likeness (QED) is 0.644. The first kappa shape index (κ1) is 12.0. The van der Waals surface area contributed by atoms with Gasteiger partial charge in [-0.05, 0) is 52.4 Å². The lowest BCUT2D eigenvalue weighted by atomic mass is 10.0. The van der Waals surface area contributed by atoms with Gasteiger partial charge in [-0.15, -0.1) is 0 Å². The van der Waals surface area contributed by atoms with E-state index >= 15 is 0 Å². The van der Waals surface area contributed by atoms with E-state index in [2.05, 4.69) is 21.4 Å². The number of hydrogen-bond donors (Lipinski definition) is 2. The van der Waals surface area contributed by atoms with Crippen LogP contribution in [-0.2, 0) is 0 Å². The minimum absolute atomic E-state index is 0.0585. The minimum Gasteiger partial charge on any atom is -0.271 e. The Labute approximate surface area is 104 Å². The van der Waals surface area contributed by atoms with Crippen molar-refractivity contribution in [3.05, 3.63) is 34.1 Å². The number of hydrazine groups is 1. The third kappa shape index (κ3) is 3.03. The Balaban J connectivity index is 2.02. The zero-order chi connectivity index (χ0) is 11.5. The number of nitrogens with two attached hydrogens (primary N) is 1. The summed E-state index contributed by atoms with van der Waals surface area (Å²) in [6.07, 6.45) is 4.83. The Kier molecular flexibility index (Phi) is 3.95. The predicted molar refractivity (Wildman–Crippen MR) is 66.1 cm³/mol. The molecular formula is C12H16BrFN2. The molecule has 2 nitrogen and oxygen atoms in total. The van der Waals surface area contributed by atoms with Gasteiger partial charge in [-0.25, -0.2) is 4.39 Å². The molecule has 1 aromatic carbocycles. The van der Waals surface area contributed by atoms with Crippen LogP contribution in [-0.4, -0.2) is 0 Å². The molecule has 3 N–H and O–H groups in total. The average Bonchev–Trinajstić information content (AvgIpc) is 3.08. The predicted octanol–water partition coefficient (Wildman–Crippen LogP) is 3.28. The van der Waals surface area contributed by atoms with E-state index < -0.39 is 0 Å². The van der Waals surface area contributed by atoms with Crippen molar-refractivity contribution >= 4 is 15.9 Å². The molecule has 1 aliphatic rings. The molecule has 16 heavy (non-hydrogen) atoms. The van der Waals surface area contributed by atoms with E-state index in [1.807, 2.05) is 6.07 Å². The first-order chi connectivity index (χ1) is 7.70. The van der Waals surface area contributed by atoms with E-state index in [4.69, 9.17) is 5.84 Å². The van der Waals surface area contributed by atoms with Crippen molar-refractivity contribution in [1.82, 2.24) is 5.43 Å². The van der Waals surface area contributed by atoms with Gasteiger partial charge in [-0.2, -0.15) is 0 Å². The zero-order valence-corrected chi connectivity index (χ0v) is 10.6. The van der Waals surface area contributed by atoms with E-state index in [0.29, 0.717) is 4.47 Å². The monoisotopic (exact) mass is 286 g/mol. The molecule has 4 heteroatoms. The molecule has 2 rings (SSSR count). The molecule has 88 valence electrons. The molecule has 0 spiro atoms. The van der Waals surface area contributed by atoms with Gasteiger partial charge in [0.1, 0.15) is 5.82 Å². The second-order valence-corrected chi connectivity index (χ2v) is 5.27. The van der Waals surface area contributed by atoms with Crippen LogP contribution >= 0.6 is 15.9 Å². The van der Waals surface area contributed by atoms with Gasteiger partial charge in [0.2, 0.25) is 0 Å². The molecule has 1 fully saturated rings. The summed E-state index contributed by atoms with van der Waals surface area (Å²) in [4.78, 5) is 0. The van der Waals surface area contributed by atoms with E-state index in [9.17, 15) is 4.39 Å². The molecule has 1 atom stereocenters. The molecule has 0 aliphatic heterocycles. The van der Waals surface area contributed by atoms with Gasteiger partial charge in [0.05, 0.1) is 4.47 Å².